The Morgan fingerprint density at radius 3 is 2.80 bits per heavy atom. The van der Waals surface area contributed by atoms with Crippen molar-refractivity contribution in [1.82, 2.24) is 19.7 Å². The first kappa shape index (κ1) is 9.92. The van der Waals surface area contributed by atoms with Gasteiger partial charge in [0.2, 0.25) is 0 Å². The third-order valence-electron chi connectivity index (χ3n) is 1.87. The minimum Gasteiger partial charge on any atom is -0.492 e. The van der Waals surface area contributed by atoms with Gasteiger partial charge >= 0.3 is 0 Å². The number of nitrogens with zero attached hydrogens (tertiary/aromatic N) is 4. The second-order valence-corrected chi connectivity index (χ2v) is 3.29. The van der Waals surface area contributed by atoms with Crippen molar-refractivity contribution in [2.45, 2.75) is 0 Å². The minimum absolute atomic E-state index is 0.285. The van der Waals surface area contributed by atoms with Crippen LogP contribution in [-0.2, 0) is 7.05 Å². The first-order valence-electron chi connectivity index (χ1n) is 4.27. The van der Waals surface area contributed by atoms with Crippen LogP contribution in [0.25, 0.3) is 11.5 Å². The van der Waals surface area contributed by atoms with Crippen molar-refractivity contribution in [3.63, 3.8) is 0 Å². The Morgan fingerprint density at radius 2 is 2.27 bits per heavy atom. The van der Waals surface area contributed by atoms with Crippen LogP contribution in [0.1, 0.15) is 0 Å². The predicted molar refractivity (Wildman–Crippen MR) is 55.8 cm³/mol. The number of hydrogen-bond acceptors (Lipinski definition) is 4. The van der Waals surface area contributed by atoms with Crippen molar-refractivity contribution in [1.29, 1.82) is 0 Å². The fourth-order valence-corrected chi connectivity index (χ4v) is 1.35. The van der Waals surface area contributed by atoms with Crippen LogP contribution in [-0.4, -0.2) is 26.9 Å². The Hall–Kier alpha value is -1.62. The summed E-state index contributed by atoms with van der Waals surface area (Å²) in [5, 5.41) is 4.46. The zero-order chi connectivity index (χ0) is 10.8. The van der Waals surface area contributed by atoms with Crippen molar-refractivity contribution < 1.29 is 4.74 Å². The molecule has 0 aliphatic carbocycles. The summed E-state index contributed by atoms with van der Waals surface area (Å²) >= 11 is 5.88. The Morgan fingerprint density at radius 1 is 1.47 bits per heavy atom. The van der Waals surface area contributed by atoms with Crippen LogP contribution in [0.2, 0.25) is 5.15 Å². The molecular formula is C9H9ClN4O. The largest absolute Gasteiger partial charge is 0.492 e. The van der Waals surface area contributed by atoms with Crippen LogP contribution in [0.3, 0.4) is 0 Å². The molecule has 0 radical (unpaired) electrons. The number of aryl methyl sites for hydroxylation is 1. The van der Waals surface area contributed by atoms with Crippen LogP contribution in [0.5, 0.6) is 5.75 Å². The zero-order valence-corrected chi connectivity index (χ0v) is 9.06. The standard InChI is InChI=1S/C9H9ClN4O/c1-14-4-3-6(13-14)9-11-5-7(15-2)8(10)12-9/h3-5H,1-2H3. The highest BCUT2D eigenvalue weighted by molar-refractivity contribution is 6.30. The fraction of sp³-hybridized carbons (Fsp3) is 0.222. The lowest BCUT2D eigenvalue weighted by atomic mass is 10.4. The molecule has 6 heteroatoms. The second kappa shape index (κ2) is 3.86. The van der Waals surface area contributed by atoms with E-state index in [4.69, 9.17) is 16.3 Å². The molecule has 2 rings (SSSR count). The second-order valence-electron chi connectivity index (χ2n) is 2.93. The van der Waals surface area contributed by atoms with Gasteiger partial charge < -0.3 is 4.74 Å². The molecule has 0 fully saturated rings. The molecule has 0 bridgehead atoms. The summed E-state index contributed by atoms with van der Waals surface area (Å²) in [5.41, 5.74) is 0.682. The molecule has 0 unspecified atom stereocenters. The molecule has 15 heavy (non-hydrogen) atoms. The van der Waals surface area contributed by atoms with Gasteiger partial charge in [-0.1, -0.05) is 11.6 Å². The minimum atomic E-state index is 0.285. The van der Waals surface area contributed by atoms with E-state index >= 15 is 0 Å². The summed E-state index contributed by atoms with van der Waals surface area (Å²) in [6.07, 6.45) is 3.34. The average molecular weight is 225 g/mol. The van der Waals surface area contributed by atoms with Crippen molar-refractivity contribution in [3.05, 3.63) is 23.6 Å². The molecule has 0 aliphatic heterocycles. The Labute approximate surface area is 91.7 Å². The van der Waals surface area contributed by atoms with E-state index < -0.39 is 0 Å². The molecule has 0 saturated carbocycles. The van der Waals surface area contributed by atoms with E-state index in [1.807, 2.05) is 19.3 Å². The Bertz CT molecular complexity index is 483. The van der Waals surface area contributed by atoms with E-state index in [0.29, 0.717) is 17.3 Å². The van der Waals surface area contributed by atoms with E-state index in [9.17, 15) is 0 Å². The van der Waals surface area contributed by atoms with E-state index in [0.717, 1.165) is 0 Å². The lowest BCUT2D eigenvalue weighted by Crippen LogP contribution is -1.95. The van der Waals surface area contributed by atoms with Crippen molar-refractivity contribution in [3.8, 4) is 17.3 Å². The molecule has 2 aromatic rings. The first-order chi connectivity index (χ1) is 7.20. The molecule has 78 valence electrons. The highest BCUT2D eigenvalue weighted by atomic mass is 35.5. The maximum Gasteiger partial charge on any atom is 0.181 e. The number of methoxy groups -OCH3 is 1. The molecule has 0 saturated heterocycles. The molecule has 0 atom stereocenters. The van der Waals surface area contributed by atoms with E-state index in [1.165, 1.54) is 13.3 Å². The highest BCUT2D eigenvalue weighted by Gasteiger charge is 2.08. The van der Waals surface area contributed by atoms with E-state index in [2.05, 4.69) is 15.1 Å². The van der Waals surface area contributed by atoms with Gasteiger partial charge in [-0.25, -0.2) is 9.97 Å². The van der Waals surface area contributed by atoms with Gasteiger partial charge in [-0.15, -0.1) is 0 Å². The maximum atomic E-state index is 5.88. The van der Waals surface area contributed by atoms with Gasteiger partial charge in [-0.3, -0.25) is 4.68 Å². The van der Waals surface area contributed by atoms with Crippen LogP contribution in [0.4, 0.5) is 0 Å². The monoisotopic (exact) mass is 224 g/mol. The normalized spacial score (nSPS) is 10.3. The zero-order valence-electron chi connectivity index (χ0n) is 8.31. The lowest BCUT2D eigenvalue weighted by Gasteiger charge is -2.01. The van der Waals surface area contributed by atoms with Crippen LogP contribution < -0.4 is 4.74 Å². The molecule has 0 aliphatic rings. The first-order valence-corrected chi connectivity index (χ1v) is 4.65. The molecule has 2 aromatic heterocycles. The van der Waals surface area contributed by atoms with Gasteiger partial charge in [0.1, 0.15) is 5.69 Å². The van der Waals surface area contributed by atoms with Crippen LogP contribution in [0, 0.1) is 0 Å². The van der Waals surface area contributed by atoms with Crippen LogP contribution >= 0.6 is 11.6 Å². The molecule has 0 spiro atoms. The summed E-state index contributed by atoms with van der Waals surface area (Å²) in [5.74, 6) is 0.942. The van der Waals surface area contributed by atoms with Gasteiger partial charge in [-0.2, -0.15) is 5.10 Å². The summed E-state index contributed by atoms with van der Waals surface area (Å²) in [6.45, 7) is 0. The SMILES string of the molecule is COc1cnc(-c2ccn(C)n2)nc1Cl. The van der Waals surface area contributed by atoms with Crippen molar-refractivity contribution in [2.24, 2.45) is 7.05 Å². The molecule has 5 nitrogen and oxygen atoms in total. The average Bonchev–Trinajstić information content (AvgIpc) is 2.65. The summed E-state index contributed by atoms with van der Waals surface area (Å²) in [7, 11) is 3.35. The number of aromatic nitrogens is 4. The molecule has 2 heterocycles. The van der Waals surface area contributed by atoms with Crippen molar-refractivity contribution >= 4 is 11.6 Å². The lowest BCUT2D eigenvalue weighted by molar-refractivity contribution is 0.411. The number of ether oxygens (including phenoxy) is 1. The third-order valence-corrected chi connectivity index (χ3v) is 2.14. The quantitative estimate of drug-likeness (QED) is 0.727. The molecular weight excluding hydrogens is 216 g/mol. The van der Waals surface area contributed by atoms with Gasteiger partial charge in [0.25, 0.3) is 0 Å². The number of hydrogen-bond donors (Lipinski definition) is 0. The maximum absolute atomic E-state index is 5.88. The van der Waals surface area contributed by atoms with Gasteiger partial charge in [-0.05, 0) is 6.07 Å². The van der Waals surface area contributed by atoms with Gasteiger partial charge in [0.05, 0.1) is 13.3 Å². The Kier molecular flexibility index (Phi) is 2.55. The summed E-state index contributed by atoms with van der Waals surface area (Å²) in [6, 6.07) is 1.82. The molecule has 0 N–H and O–H groups in total. The van der Waals surface area contributed by atoms with Crippen molar-refractivity contribution in [2.75, 3.05) is 7.11 Å². The highest BCUT2D eigenvalue weighted by Crippen LogP contribution is 2.22. The van der Waals surface area contributed by atoms with E-state index in [1.54, 1.807) is 4.68 Å². The number of rotatable bonds is 2. The topological polar surface area (TPSA) is 52.8 Å². The molecule has 0 amide bonds. The number of halogens is 1. The van der Waals surface area contributed by atoms with Gasteiger partial charge in [0, 0.05) is 13.2 Å². The summed E-state index contributed by atoms with van der Waals surface area (Å²) in [4.78, 5) is 8.18. The smallest absolute Gasteiger partial charge is 0.181 e. The van der Waals surface area contributed by atoms with E-state index in [-0.39, 0.29) is 5.15 Å². The molecule has 0 aromatic carbocycles. The van der Waals surface area contributed by atoms with Crippen LogP contribution in [0.15, 0.2) is 18.5 Å². The summed E-state index contributed by atoms with van der Waals surface area (Å²) < 4.78 is 6.64. The predicted octanol–water partition coefficient (Wildman–Crippen LogP) is 1.54. The Balaban J connectivity index is 2.42. The van der Waals surface area contributed by atoms with Gasteiger partial charge in [0.15, 0.2) is 16.7 Å². The fourth-order valence-electron chi connectivity index (χ4n) is 1.14. The third kappa shape index (κ3) is 1.92.